The lowest BCUT2D eigenvalue weighted by molar-refractivity contribution is -0.122. The van der Waals surface area contributed by atoms with Crippen LogP contribution in [0.25, 0.3) is 10.9 Å². The number of hydrogen-bond acceptors (Lipinski definition) is 3. The number of para-hydroxylation sites is 1. The molecule has 5 heteroatoms. The van der Waals surface area contributed by atoms with Gasteiger partial charge in [0.15, 0.2) is 0 Å². The predicted molar refractivity (Wildman–Crippen MR) is 83.1 cm³/mol. The van der Waals surface area contributed by atoms with E-state index in [0.29, 0.717) is 18.4 Å². The van der Waals surface area contributed by atoms with Gasteiger partial charge in [-0.25, -0.2) is 0 Å². The van der Waals surface area contributed by atoms with E-state index in [-0.39, 0.29) is 17.4 Å². The summed E-state index contributed by atoms with van der Waals surface area (Å²) in [5.41, 5.74) is 0.669. The number of hydrogen-bond donors (Lipinski definition) is 1. The molecule has 0 aliphatic heterocycles. The maximum atomic E-state index is 11.9. The van der Waals surface area contributed by atoms with Crippen LogP contribution in [0.2, 0.25) is 0 Å². The van der Waals surface area contributed by atoms with Crippen molar-refractivity contribution in [2.75, 3.05) is 0 Å². The van der Waals surface area contributed by atoms with Crippen molar-refractivity contribution >= 4 is 16.8 Å². The van der Waals surface area contributed by atoms with Crippen LogP contribution in [0.5, 0.6) is 0 Å². The molecule has 0 radical (unpaired) electrons. The zero-order chi connectivity index (χ0) is 15.2. The summed E-state index contributed by atoms with van der Waals surface area (Å²) in [6.45, 7) is 4.57. The van der Waals surface area contributed by atoms with E-state index in [0.717, 1.165) is 18.4 Å². The molecule has 21 heavy (non-hydrogen) atoms. The minimum Gasteiger partial charge on any atom is -0.354 e. The number of nitrogens with zero attached hydrogens (tertiary/aromatic N) is 2. The summed E-state index contributed by atoms with van der Waals surface area (Å²) in [6.07, 6.45) is 3.69. The van der Waals surface area contributed by atoms with Crippen molar-refractivity contribution in [1.82, 2.24) is 15.1 Å². The smallest absolute Gasteiger partial charge is 0.222 e. The molecule has 0 aliphatic rings. The predicted octanol–water partition coefficient (Wildman–Crippen LogP) is 2.09. The van der Waals surface area contributed by atoms with Crippen LogP contribution in [0, 0.1) is 0 Å². The normalized spacial score (nSPS) is 12.3. The van der Waals surface area contributed by atoms with Crippen molar-refractivity contribution in [3.63, 3.8) is 0 Å². The fourth-order valence-corrected chi connectivity index (χ4v) is 2.40. The molecule has 1 aromatic heterocycles. The van der Waals surface area contributed by atoms with Crippen LogP contribution in [-0.4, -0.2) is 21.7 Å². The van der Waals surface area contributed by atoms with Crippen LogP contribution in [0.3, 0.4) is 0 Å². The Morgan fingerprint density at radius 1 is 1.38 bits per heavy atom. The molecule has 112 valence electrons. The van der Waals surface area contributed by atoms with Crippen molar-refractivity contribution in [3.8, 4) is 0 Å². The maximum Gasteiger partial charge on any atom is 0.222 e. The molecule has 0 saturated heterocycles. The van der Waals surface area contributed by atoms with Gasteiger partial charge in [-0.2, -0.15) is 5.10 Å². The highest BCUT2D eigenvalue weighted by Gasteiger charge is 2.08. The number of fused-ring (bicyclic) bond motifs is 1. The average Bonchev–Trinajstić information content (AvgIpc) is 2.47. The van der Waals surface area contributed by atoms with Gasteiger partial charge in [-0.3, -0.25) is 14.3 Å². The number of rotatable bonds is 6. The van der Waals surface area contributed by atoms with Gasteiger partial charge < -0.3 is 5.32 Å². The molecule has 0 saturated carbocycles. The summed E-state index contributed by atoms with van der Waals surface area (Å²) >= 11 is 0. The fraction of sp³-hybridized carbons (Fsp3) is 0.438. The highest BCUT2D eigenvalue weighted by molar-refractivity contribution is 5.79. The third kappa shape index (κ3) is 3.90. The molecule has 1 amide bonds. The van der Waals surface area contributed by atoms with Gasteiger partial charge in [0.1, 0.15) is 0 Å². The van der Waals surface area contributed by atoms with Crippen molar-refractivity contribution in [2.45, 2.75) is 45.7 Å². The first kappa shape index (κ1) is 15.2. The number of amides is 1. The Hall–Kier alpha value is -2.17. The van der Waals surface area contributed by atoms with Crippen molar-refractivity contribution < 1.29 is 4.79 Å². The van der Waals surface area contributed by atoms with E-state index in [1.165, 1.54) is 6.20 Å². The van der Waals surface area contributed by atoms with Gasteiger partial charge in [0, 0.05) is 17.8 Å². The number of nitrogens with one attached hydrogen (secondary N) is 1. The van der Waals surface area contributed by atoms with Crippen LogP contribution in [0.15, 0.2) is 35.3 Å². The lowest BCUT2D eigenvalue weighted by Crippen LogP contribution is -2.33. The maximum absolute atomic E-state index is 11.9. The van der Waals surface area contributed by atoms with E-state index in [1.54, 1.807) is 10.7 Å². The Morgan fingerprint density at radius 2 is 2.14 bits per heavy atom. The summed E-state index contributed by atoms with van der Waals surface area (Å²) in [7, 11) is 0. The Morgan fingerprint density at radius 3 is 2.90 bits per heavy atom. The Bertz CT molecular complexity index is 679. The van der Waals surface area contributed by atoms with E-state index < -0.39 is 0 Å². The summed E-state index contributed by atoms with van der Waals surface area (Å²) in [6, 6.07) is 7.51. The third-order valence-electron chi connectivity index (χ3n) is 3.44. The molecule has 0 unspecified atom stereocenters. The highest BCUT2D eigenvalue weighted by atomic mass is 16.1. The summed E-state index contributed by atoms with van der Waals surface area (Å²) < 4.78 is 1.71. The van der Waals surface area contributed by atoms with Gasteiger partial charge in [0.05, 0.1) is 18.3 Å². The van der Waals surface area contributed by atoms with E-state index in [2.05, 4.69) is 17.3 Å². The van der Waals surface area contributed by atoms with Gasteiger partial charge >= 0.3 is 0 Å². The van der Waals surface area contributed by atoms with Crippen LogP contribution in [-0.2, 0) is 11.3 Å². The van der Waals surface area contributed by atoms with Crippen LogP contribution >= 0.6 is 0 Å². The van der Waals surface area contributed by atoms with Crippen LogP contribution in [0.4, 0.5) is 0 Å². The van der Waals surface area contributed by atoms with E-state index >= 15 is 0 Å². The lowest BCUT2D eigenvalue weighted by Gasteiger charge is -2.13. The second-order valence-corrected chi connectivity index (χ2v) is 5.26. The number of carbonyl (C=O) groups is 1. The summed E-state index contributed by atoms with van der Waals surface area (Å²) in [5.74, 6) is 0.0144. The highest BCUT2D eigenvalue weighted by Crippen LogP contribution is 2.08. The Labute approximate surface area is 124 Å². The lowest BCUT2D eigenvalue weighted by atomic mass is 10.2. The Kier molecular flexibility index (Phi) is 5.09. The van der Waals surface area contributed by atoms with Gasteiger partial charge in [-0.15, -0.1) is 0 Å². The standard InChI is InChI=1S/C16H21N3O2/c1-3-6-12(2)18-16(21)9-10-19-14-8-5-4-7-13(14)15(20)11-17-19/h4-5,7-8,11-12H,3,6,9-10H2,1-2H3,(H,18,21)/t12-/m0/s1. The Balaban J connectivity index is 2.06. The van der Waals surface area contributed by atoms with Crippen molar-refractivity contribution in [3.05, 3.63) is 40.7 Å². The van der Waals surface area contributed by atoms with Gasteiger partial charge in [-0.1, -0.05) is 25.5 Å². The zero-order valence-electron chi connectivity index (χ0n) is 12.5. The molecule has 0 spiro atoms. The van der Waals surface area contributed by atoms with Gasteiger partial charge in [-0.05, 0) is 25.5 Å². The largest absolute Gasteiger partial charge is 0.354 e. The molecule has 1 atom stereocenters. The van der Waals surface area contributed by atoms with Gasteiger partial charge in [0.2, 0.25) is 11.3 Å². The fourth-order valence-electron chi connectivity index (χ4n) is 2.40. The van der Waals surface area contributed by atoms with E-state index in [4.69, 9.17) is 0 Å². The molecular weight excluding hydrogens is 266 g/mol. The molecule has 1 aromatic carbocycles. The molecule has 0 aliphatic carbocycles. The minimum absolute atomic E-state index is 0.0144. The quantitative estimate of drug-likeness (QED) is 0.885. The number of benzene rings is 1. The monoisotopic (exact) mass is 287 g/mol. The zero-order valence-corrected chi connectivity index (χ0v) is 12.5. The van der Waals surface area contributed by atoms with Crippen LogP contribution in [0.1, 0.15) is 33.1 Å². The second kappa shape index (κ2) is 7.02. The molecule has 0 fully saturated rings. The second-order valence-electron chi connectivity index (χ2n) is 5.26. The number of aromatic nitrogens is 2. The van der Waals surface area contributed by atoms with Crippen molar-refractivity contribution in [1.29, 1.82) is 0 Å². The first-order valence-electron chi connectivity index (χ1n) is 7.36. The molecule has 0 bridgehead atoms. The topological polar surface area (TPSA) is 64.0 Å². The molecule has 1 N–H and O–H groups in total. The van der Waals surface area contributed by atoms with E-state index in [9.17, 15) is 9.59 Å². The van der Waals surface area contributed by atoms with Crippen molar-refractivity contribution in [2.24, 2.45) is 0 Å². The molecule has 1 heterocycles. The molecule has 2 rings (SSSR count). The van der Waals surface area contributed by atoms with Gasteiger partial charge in [0.25, 0.3) is 0 Å². The minimum atomic E-state index is -0.0946. The first-order chi connectivity index (χ1) is 10.1. The summed E-state index contributed by atoms with van der Waals surface area (Å²) in [5, 5.41) is 7.72. The SMILES string of the molecule is CCC[C@H](C)NC(=O)CCn1ncc(=O)c2ccccc21. The number of aryl methyl sites for hydroxylation is 1. The average molecular weight is 287 g/mol. The molecule has 2 aromatic rings. The van der Waals surface area contributed by atoms with Crippen LogP contribution < -0.4 is 10.7 Å². The summed E-state index contributed by atoms with van der Waals surface area (Å²) in [4.78, 5) is 23.6. The van der Waals surface area contributed by atoms with E-state index in [1.807, 2.05) is 25.1 Å². The number of carbonyl (C=O) groups excluding carboxylic acids is 1. The first-order valence-corrected chi connectivity index (χ1v) is 7.36. The molecular formula is C16H21N3O2. The molecule has 5 nitrogen and oxygen atoms in total. The third-order valence-corrected chi connectivity index (χ3v) is 3.44.